The minimum absolute atomic E-state index is 0.114. The van der Waals surface area contributed by atoms with Crippen LogP contribution in [0.5, 0.6) is 28.7 Å². The third-order valence-corrected chi connectivity index (χ3v) is 6.62. The van der Waals surface area contributed by atoms with Gasteiger partial charge in [-0.05, 0) is 24.1 Å². The number of ketones is 2. The van der Waals surface area contributed by atoms with Crippen LogP contribution in [0.3, 0.4) is 0 Å². The van der Waals surface area contributed by atoms with Crippen LogP contribution in [0.25, 0.3) is 0 Å². The van der Waals surface area contributed by atoms with E-state index in [1.807, 2.05) is 25.1 Å². The van der Waals surface area contributed by atoms with Crippen LogP contribution in [0.15, 0.2) is 36.0 Å². The molecule has 2 heterocycles. The number of carbonyl (C=O) groups excluding carboxylic acids is 2. The SMILES string of the molecule is COc1cc(OC)c2c(c1Cl)OC1(C(=O)C=C(NCc3ccc4c(c3)OCO4)CC1C)C2=O. The Balaban J connectivity index is 1.41. The van der Waals surface area contributed by atoms with Gasteiger partial charge in [0, 0.05) is 30.3 Å². The van der Waals surface area contributed by atoms with E-state index in [0.717, 1.165) is 11.3 Å². The van der Waals surface area contributed by atoms with Crippen molar-refractivity contribution in [2.45, 2.75) is 25.5 Å². The number of ether oxygens (including phenoxy) is 5. The quantitative estimate of drug-likeness (QED) is 0.660. The van der Waals surface area contributed by atoms with E-state index in [0.29, 0.717) is 30.2 Å². The molecule has 0 aromatic heterocycles. The number of Topliss-reactive ketones (excluding diaryl/α,β-unsaturated/α-hetero) is 1. The Labute approximate surface area is 195 Å². The van der Waals surface area contributed by atoms with E-state index in [4.69, 9.17) is 35.3 Å². The molecule has 0 saturated heterocycles. The number of nitrogens with one attached hydrogen (secondary N) is 1. The smallest absolute Gasteiger partial charge is 0.236 e. The van der Waals surface area contributed by atoms with E-state index < -0.39 is 23.1 Å². The third-order valence-electron chi connectivity index (χ3n) is 6.27. The zero-order chi connectivity index (χ0) is 23.3. The summed E-state index contributed by atoms with van der Waals surface area (Å²) in [4.78, 5) is 26.9. The molecule has 2 unspecified atom stereocenters. The number of carbonyl (C=O) groups is 2. The van der Waals surface area contributed by atoms with Crippen molar-refractivity contribution in [3.05, 3.63) is 52.2 Å². The Morgan fingerprint density at radius 2 is 1.88 bits per heavy atom. The van der Waals surface area contributed by atoms with Gasteiger partial charge in [0.2, 0.25) is 24.0 Å². The molecule has 0 amide bonds. The molecule has 2 aromatic carbocycles. The molecule has 3 aliphatic rings. The van der Waals surface area contributed by atoms with Crippen LogP contribution in [-0.2, 0) is 11.3 Å². The summed E-state index contributed by atoms with van der Waals surface area (Å²) in [5.41, 5.74) is 0.174. The molecule has 2 aromatic rings. The molecule has 1 aliphatic carbocycles. The molecule has 0 radical (unpaired) electrons. The number of methoxy groups -OCH3 is 2. The lowest BCUT2D eigenvalue weighted by Gasteiger charge is -2.35. The highest BCUT2D eigenvalue weighted by Gasteiger charge is 2.60. The Morgan fingerprint density at radius 3 is 2.61 bits per heavy atom. The molecule has 0 fully saturated rings. The molecular formula is C24H22ClNO7. The average molecular weight is 472 g/mol. The Bertz CT molecular complexity index is 1210. The van der Waals surface area contributed by atoms with Crippen LogP contribution in [0.2, 0.25) is 5.02 Å². The van der Waals surface area contributed by atoms with E-state index >= 15 is 0 Å². The number of hydrogen-bond acceptors (Lipinski definition) is 8. The summed E-state index contributed by atoms with van der Waals surface area (Å²) in [7, 11) is 2.89. The molecule has 2 atom stereocenters. The number of hydrogen-bond donors (Lipinski definition) is 1. The predicted octanol–water partition coefficient (Wildman–Crippen LogP) is 3.68. The van der Waals surface area contributed by atoms with Crippen molar-refractivity contribution in [3.63, 3.8) is 0 Å². The highest BCUT2D eigenvalue weighted by molar-refractivity contribution is 6.36. The first-order chi connectivity index (χ1) is 15.9. The van der Waals surface area contributed by atoms with Crippen molar-refractivity contribution in [2.24, 2.45) is 5.92 Å². The number of allylic oxidation sites excluding steroid dienone is 1. The van der Waals surface area contributed by atoms with Crippen molar-refractivity contribution in [2.75, 3.05) is 21.0 Å². The van der Waals surface area contributed by atoms with Gasteiger partial charge in [0.15, 0.2) is 17.2 Å². The number of halogens is 1. The van der Waals surface area contributed by atoms with Crippen molar-refractivity contribution >= 4 is 23.2 Å². The lowest BCUT2D eigenvalue weighted by Crippen LogP contribution is -2.55. The summed E-state index contributed by atoms with van der Waals surface area (Å²) in [6, 6.07) is 7.20. The van der Waals surface area contributed by atoms with Crippen molar-refractivity contribution in [3.8, 4) is 28.7 Å². The van der Waals surface area contributed by atoms with E-state index in [-0.39, 0.29) is 28.9 Å². The molecule has 0 saturated carbocycles. The number of benzene rings is 2. The number of rotatable bonds is 5. The van der Waals surface area contributed by atoms with Gasteiger partial charge in [-0.15, -0.1) is 0 Å². The summed E-state index contributed by atoms with van der Waals surface area (Å²) in [5, 5.41) is 3.42. The zero-order valence-corrected chi connectivity index (χ0v) is 19.1. The van der Waals surface area contributed by atoms with Gasteiger partial charge < -0.3 is 29.0 Å². The first-order valence-corrected chi connectivity index (χ1v) is 10.8. The van der Waals surface area contributed by atoms with Gasteiger partial charge in [0.05, 0.1) is 14.2 Å². The predicted molar refractivity (Wildman–Crippen MR) is 119 cm³/mol. The highest BCUT2D eigenvalue weighted by atomic mass is 35.5. The summed E-state index contributed by atoms with van der Waals surface area (Å²) < 4.78 is 27.4. The van der Waals surface area contributed by atoms with Crippen LogP contribution < -0.4 is 29.0 Å². The normalized spacial score (nSPS) is 22.7. The van der Waals surface area contributed by atoms with Crippen molar-refractivity contribution in [1.29, 1.82) is 0 Å². The van der Waals surface area contributed by atoms with Crippen LogP contribution in [0, 0.1) is 5.92 Å². The summed E-state index contributed by atoms with van der Waals surface area (Å²) in [5.74, 6) is 0.737. The van der Waals surface area contributed by atoms with Gasteiger partial charge in [0.1, 0.15) is 22.1 Å². The van der Waals surface area contributed by atoms with Crippen molar-refractivity contribution < 1.29 is 33.3 Å². The maximum Gasteiger partial charge on any atom is 0.236 e. The topological polar surface area (TPSA) is 92.3 Å². The fraction of sp³-hybridized carbons (Fsp3) is 0.333. The second-order valence-corrected chi connectivity index (χ2v) is 8.52. The Hall–Kier alpha value is -3.39. The third kappa shape index (κ3) is 3.20. The Morgan fingerprint density at radius 1 is 1.12 bits per heavy atom. The number of fused-ring (bicyclic) bond motifs is 2. The first kappa shape index (κ1) is 21.5. The molecule has 33 heavy (non-hydrogen) atoms. The monoisotopic (exact) mass is 471 g/mol. The summed E-state index contributed by atoms with van der Waals surface area (Å²) in [6.07, 6.45) is 1.88. The van der Waals surface area contributed by atoms with Gasteiger partial charge >= 0.3 is 0 Å². The Kier molecular flexibility index (Phi) is 5.12. The largest absolute Gasteiger partial charge is 0.496 e. The highest BCUT2D eigenvalue weighted by Crippen LogP contribution is 2.52. The van der Waals surface area contributed by atoms with Crippen LogP contribution in [0.1, 0.15) is 29.3 Å². The maximum absolute atomic E-state index is 13.5. The van der Waals surface area contributed by atoms with Gasteiger partial charge in [0.25, 0.3) is 0 Å². The molecule has 8 nitrogen and oxygen atoms in total. The van der Waals surface area contributed by atoms with Gasteiger partial charge in [-0.2, -0.15) is 0 Å². The molecular weight excluding hydrogens is 450 g/mol. The second-order valence-electron chi connectivity index (χ2n) is 8.15. The molecule has 0 bridgehead atoms. The standard InChI is InChI=1S/C24H22ClNO7/c1-12-6-14(26-10-13-4-5-15-16(7-13)32-11-31-15)8-19(27)24(12)23(28)20-17(29-2)9-18(30-3)21(25)22(20)33-24/h4-5,7-9,12,26H,6,10-11H2,1-3H3. The van der Waals surface area contributed by atoms with Crippen LogP contribution in [0.4, 0.5) is 0 Å². The lowest BCUT2D eigenvalue weighted by molar-refractivity contribution is -0.129. The van der Waals surface area contributed by atoms with E-state index in [9.17, 15) is 9.59 Å². The fourth-order valence-corrected chi connectivity index (χ4v) is 4.78. The van der Waals surface area contributed by atoms with Crippen LogP contribution in [-0.4, -0.2) is 38.2 Å². The van der Waals surface area contributed by atoms with Gasteiger partial charge in [-0.3, -0.25) is 9.59 Å². The van der Waals surface area contributed by atoms with Crippen molar-refractivity contribution in [1.82, 2.24) is 5.32 Å². The molecule has 172 valence electrons. The van der Waals surface area contributed by atoms with Gasteiger partial charge in [-0.1, -0.05) is 24.6 Å². The lowest BCUT2D eigenvalue weighted by atomic mass is 9.74. The second kappa shape index (κ2) is 7.88. The van der Waals surface area contributed by atoms with Gasteiger partial charge in [-0.25, -0.2) is 0 Å². The van der Waals surface area contributed by atoms with Crippen LogP contribution >= 0.6 is 11.6 Å². The molecule has 1 N–H and O–H groups in total. The van der Waals surface area contributed by atoms with E-state index in [1.165, 1.54) is 26.4 Å². The summed E-state index contributed by atoms with van der Waals surface area (Å²) in [6.45, 7) is 2.51. The van der Waals surface area contributed by atoms with E-state index in [2.05, 4.69) is 5.32 Å². The molecule has 2 aliphatic heterocycles. The fourth-order valence-electron chi connectivity index (χ4n) is 4.52. The molecule has 5 rings (SSSR count). The maximum atomic E-state index is 13.5. The molecule has 9 heteroatoms. The minimum atomic E-state index is -1.68. The first-order valence-electron chi connectivity index (χ1n) is 10.4. The minimum Gasteiger partial charge on any atom is -0.496 e. The zero-order valence-electron chi connectivity index (χ0n) is 18.3. The van der Waals surface area contributed by atoms with E-state index in [1.54, 1.807) is 0 Å². The molecule has 1 spiro atoms. The summed E-state index contributed by atoms with van der Waals surface area (Å²) >= 11 is 6.42. The average Bonchev–Trinajstić information content (AvgIpc) is 3.40.